The molecule has 1 aliphatic carbocycles. The van der Waals surface area contributed by atoms with Gasteiger partial charge in [-0.2, -0.15) is 0 Å². The molecular weight excluding hydrogens is 162 g/mol. The molecule has 78 valence electrons. The maximum atomic E-state index is 8.97. The van der Waals surface area contributed by atoms with Crippen LogP contribution in [0.4, 0.5) is 0 Å². The van der Waals surface area contributed by atoms with Crippen molar-refractivity contribution < 1.29 is 5.11 Å². The number of hydrogen-bond donors (Lipinski definition) is 2. The molecule has 13 heavy (non-hydrogen) atoms. The van der Waals surface area contributed by atoms with Crippen molar-refractivity contribution >= 4 is 0 Å². The Morgan fingerprint density at radius 2 is 2.08 bits per heavy atom. The van der Waals surface area contributed by atoms with Crippen molar-refractivity contribution in [1.29, 1.82) is 0 Å². The Hall–Kier alpha value is -0.0800. The van der Waals surface area contributed by atoms with E-state index in [0.29, 0.717) is 12.5 Å². The summed E-state index contributed by atoms with van der Waals surface area (Å²) < 4.78 is 0. The predicted octanol–water partition coefficient (Wildman–Crippen LogP) is 1.78. The van der Waals surface area contributed by atoms with Crippen LogP contribution in [0.5, 0.6) is 0 Å². The number of aliphatic hydroxyl groups is 1. The van der Waals surface area contributed by atoms with Gasteiger partial charge in [-0.15, -0.1) is 0 Å². The largest absolute Gasteiger partial charge is 0.396 e. The van der Waals surface area contributed by atoms with Crippen LogP contribution in [0.1, 0.15) is 39.0 Å². The van der Waals surface area contributed by atoms with Gasteiger partial charge in [0.2, 0.25) is 0 Å². The third kappa shape index (κ3) is 4.10. The maximum absolute atomic E-state index is 8.97. The summed E-state index contributed by atoms with van der Waals surface area (Å²) in [6.45, 7) is 4.94. The lowest BCUT2D eigenvalue weighted by Gasteiger charge is -2.10. The number of hydrogen-bond acceptors (Lipinski definition) is 2. The second-order valence-electron chi connectivity index (χ2n) is 4.29. The first-order valence-electron chi connectivity index (χ1n) is 5.68. The highest BCUT2D eigenvalue weighted by Crippen LogP contribution is 2.29. The third-order valence-corrected chi connectivity index (χ3v) is 3.05. The summed E-state index contributed by atoms with van der Waals surface area (Å²) in [6.07, 6.45) is 6.34. The first-order valence-corrected chi connectivity index (χ1v) is 5.68. The molecule has 0 aromatic heterocycles. The van der Waals surface area contributed by atoms with Gasteiger partial charge in [0, 0.05) is 6.61 Å². The summed E-state index contributed by atoms with van der Waals surface area (Å²) in [7, 11) is 0. The summed E-state index contributed by atoms with van der Waals surface area (Å²) in [5.74, 6) is 1.42. The van der Waals surface area contributed by atoms with Gasteiger partial charge < -0.3 is 10.4 Å². The Balaban J connectivity index is 1.97. The van der Waals surface area contributed by atoms with Gasteiger partial charge in [-0.3, -0.25) is 0 Å². The zero-order chi connectivity index (χ0) is 9.52. The molecule has 1 aliphatic rings. The highest BCUT2D eigenvalue weighted by molar-refractivity contribution is 4.76. The lowest BCUT2D eigenvalue weighted by atomic mass is 10.1. The van der Waals surface area contributed by atoms with E-state index in [4.69, 9.17) is 5.11 Å². The Morgan fingerprint density at radius 3 is 2.69 bits per heavy atom. The van der Waals surface area contributed by atoms with E-state index in [1.165, 1.54) is 32.1 Å². The Morgan fingerprint density at radius 1 is 1.31 bits per heavy atom. The smallest absolute Gasteiger partial charge is 0.0459 e. The van der Waals surface area contributed by atoms with E-state index in [2.05, 4.69) is 12.2 Å². The van der Waals surface area contributed by atoms with Crippen LogP contribution in [-0.2, 0) is 0 Å². The Labute approximate surface area is 81.7 Å². The van der Waals surface area contributed by atoms with Crippen LogP contribution in [0.25, 0.3) is 0 Å². The molecule has 0 spiro atoms. The van der Waals surface area contributed by atoms with E-state index in [1.807, 2.05) is 0 Å². The summed E-state index contributed by atoms with van der Waals surface area (Å²) in [4.78, 5) is 0. The first kappa shape index (κ1) is 11.0. The van der Waals surface area contributed by atoms with Crippen molar-refractivity contribution in [2.45, 2.75) is 39.0 Å². The normalized spacial score (nSPS) is 28.2. The monoisotopic (exact) mass is 185 g/mol. The van der Waals surface area contributed by atoms with Crippen LogP contribution in [0.3, 0.4) is 0 Å². The molecule has 1 saturated carbocycles. The quantitative estimate of drug-likeness (QED) is 0.618. The summed E-state index contributed by atoms with van der Waals surface area (Å²) in [5, 5.41) is 12.5. The summed E-state index contributed by atoms with van der Waals surface area (Å²) in [6, 6.07) is 0. The molecule has 0 aliphatic heterocycles. The van der Waals surface area contributed by atoms with Gasteiger partial charge in [-0.1, -0.05) is 13.3 Å². The molecule has 2 atom stereocenters. The van der Waals surface area contributed by atoms with E-state index in [1.54, 1.807) is 0 Å². The van der Waals surface area contributed by atoms with Crippen molar-refractivity contribution in [1.82, 2.24) is 5.32 Å². The van der Waals surface area contributed by atoms with Crippen LogP contribution in [0, 0.1) is 11.8 Å². The van der Waals surface area contributed by atoms with E-state index >= 15 is 0 Å². The van der Waals surface area contributed by atoms with Crippen LogP contribution < -0.4 is 5.32 Å². The molecule has 2 nitrogen and oxygen atoms in total. The molecule has 1 rings (SSSR count). The third-order valence-electron chi connectivity index (χ3n) is 3.05. The minimum absolute atomic E-state index is 0.394. The van der Waals surface area contributed by atoms with Gasteiger partial charge in [0.1, 0.15) is 0 Å². The van der Waals surface area contributed by atoms with Crippen molar-refractivity contribution in [2.75, 3.05) is 19.7 Å². The lowest BCUT2D eigenvalue weighted by molar-refractivity contribution is 0.226. The molecule has 0 amide bonds. The minimum atomic E-state index is 0.394. The summed E-state index contributed by atoms with van der Waals surface area (Å²) in [5.41, 5.74) is 0. The maximum Gasteiger partial charge on any atom is 0.0459 e. The Bertz CT molecular complexity index is 127. The molecule has 0 radical (unpaired) electrons. The van der Waals surface area contributed by atoms with Crippen molar-refractivity contribution in [3.8, 4) is 0 Å². The topological polar surface area (TPSA) is 32.3 Å². The van der Waals surface area contributed by atoms with Crippen LogP contribution >= 0.6 is 0 Å². The molecule has 0 aromatic rings. The van der Waals surface area contributed by atoms with Crippen LogP contribution in [-0.4, -0.2) is 24.8 Å². The predicted molar refractivity (Wildman–Crippen MR) is 55.7 cm³/mol. The second-order valence-corrected chi connectivity index (χ2v) is 4.29. The number of rotatable bonds is 6. The van der Waals surface area contributed by atoms with Crippen molar-refractivity contribution in [3.63, 3.8) is 0 Å². The van der Waals surface area contributed by atoms with E-state index in [0.717, 1.165) is 19.0 Å². The van der Waals surface area contributed by atoms with E-state index in [9.17, 15) is 0 Å². The SMILES string of the molecule is CCCCNCC1CCC(CO)C1. The first-order chi connectivity index (χ1) is 6.36. The zero-order valence-electron chi connectivity index (χ0n) is 8.76. The van der Waals surface area contributed by atoms with Gasteiger partial charge in [-0.05, 0) is 50.6 Å². The van der Waals surface area contributed by atoms with E-state index < -0.39 is 0 Å². The molecule has 0 aromatic carbocycles. The second kappa shape index (κ2) is 6.39. The molecule has 2 N–H and O–H groups in total. The standard InChI is InChI=1S/C11H23NO/c1-2-3-6-12-8-10-4-5-11(7-10)9-13/h10-13H,2-9H2,1H3. The fourth-order valence-corrected chi connectivity index (χ4v) is 2.14. The minimum Gasteiger partial charge on any atom is -0.396 e. The molecule has 2 unspecified atom stereocenters. The Kier molecular flexibility index (Phi) is 5.40. The number of unbranched alkanes of at least 4 members (excludes halogenated alkanes) is 1. The molecular formula is C11H23NO. The number of nitrogens with one attached hydrogen (secondary N) is 1. The molecule has 0 saturated heterocycles. The lowest BCUT2D eigenvalue weighted by Crippen LogP contribution is -2.22. The van der Waals surface area contributed by atoms with E-state index in [-0.39, 0.29) is 0 Å². The van der Waals surface area contributed by atoms with Crippen molar-refractivity contribution in [3.05, 3.63) is 0 Å². The van der Waals surface area contributed by atoms with Crippen LogP contribution in [0.2, 0.25) is 0 Å². The highest BCUT2D eigenvalue weighted by Gasteiger charge is 2.23. The molecule has 0 heterocycles. The average Bonchev–Trinajstić information content (AvgIpc) is 2.60. The average molecular weight is 185 g/mol. The number of aliphatic hydroxyl groups excluding tert-OH is 1. The highest BCUT2D eigenvalue weighted by atomic mass is 16.3. The fourth-order valence-electron chi connectivity index (χ4n) is 2.14. The fraction of sp³-hybridized carbons (Fsp3) is 1.00. The zero-order valence-corrected chi connectivity index (χ0v) is 8.76. The van der Waals surface area contributed by atoms with Gasteiger partial charge in [0.05, 0.1) is 0 Å². The van der Waals surface area contributed by atoms with Crippen LogP contribution in [0.15, 0.2) is 0 Å². The summed E-state index contributed by atoms with van der Waals surface area (Å²) >= 11 is 0. The van der Waals surface area contributed by atoms with Crippen molar-refractivity contribution in [2.24, 2.45) is 11.8 Å². The van der Waals surface area contributed by atoms with Gasteiger partial charge in [0.15, 0.2) is 0 Å². The van der Waals surface area contributed by atoms with Gasteiger partial charge >= 0.3 is 0 Å². The van der Waals surface area contributed by atoms with Gasteiger partial charge in [-0.25, -0.2) is 0 Å². The van der Waals surface area contributed by atoms with Gasteiger partial charge in [0.25, 0.3) is 0 Å². The molecule has 2 heteroatoms. The molecule has 1 fully saturated rings. The molecule has 0 bridgehead atoms.